The third-order valence-corrected chi connectivity index (χ3v) is 4.58. The van der Waals surface area contributed by atoms with Crippen LogP contribution in [-0.4, -0.2) is 23.8 Å². The Hall–Kier alpha value is -3.14. The quantitative estimate of drug-likeness (QED) is 0.515. The first-order valence-electron chi connectivity index (χ1n) is 9.88. The Morgan fingerprint density at radius 3 is 2.39 bits per heavy atom. The van der Waals surface area contributed by atoms with Gasteiger partial charge in [-0.25, -0.2) is 0 Å². The molecule has 2 aromatic rings. The molecular weight excluding hydrogens is 409 g/mol. The van der Waals surface area contributed by atoms with E-state index < -0.39 is 29.7 Å². The number of halogens is 3. The lowest BCUT2D eigenvalue weighted by Gasteiger charge is -2.20. The Bertz CT molecular complexity index is 940. The number of benzene rings is 2. The number of alkyl halides is 3. The number of hydrogen-bond donors (Lipinski definition) is 1. The lowest BCUT2D eigenvalue weighted by molar-refractivity contribution is -0.138. The van der Waals surface area contributed by atoms with Crippen LogP contribution in [0.1, 0.15) is 49.8 Å². The second-order valence-electron chi connectivity index (χ2n) is 6.99. The van der Waals surface area contributed by atoms with Gasteiger partial charge in [0, 0.05) is 5.56 Å². The summed E-state index contributed by atoms with van der Waals surface area (Å²) < 4.78 is 51.0. The molecule has 0 bridgehead atoms. The molecule has 0 amide bonds. The number of carboxylic acids is 1. The molecule has 0 aliphatic rings. The summed E-state index contributed by atoms with van der Waals surface area (Å²) in [6.07, 6.45) is -4.83. The Morgan fingerprint density at radius 2 is 1.84 bits per heavy atom. The van der Waals surface area contributed by atoms with Crippen molar-refractivity contribution >= 4 is 5.97 Å². The molecule has 0 aliphatic carbocycles. The van der Waals surface area contributed by atoms with Crippen LogP contribution in [0.4, 0.5) is 13.2 Å². The van der Waals surface area contributed by atoms with Crippen LogP contribution in [0.15, 0.2) is 42.5 Å². The van der Waals surface area contributed by atoms with Crippen LogP contribution in [0, 0.1) is 11.8 Å². The predicted octanol–water partition coefficient (Wildman–Crippen LogP) is 5.70. The second-order valence-corrected chi connectivity index (χ2v) is 6.99. The second kappa shape index (κ2) is 10.8. The van der Waals surface area contributed by atoms with E-state index in [0.717, 1.165) is 11.6 Å². The predicted molar refractivity (Wildman–Crippen MR) is 111 cm³/mol. The first kappa shape index (κ1) is 24.1. The van der Waals surface area contributed by atoms with E-state index in [1.165, 1.54) is 12.1 Å². The molecule has 0 heterocycles. The summed E-state index contributed by atoms with van der Waals surface area (Å²) in [6.45, 7) is 5.16. The number of ether oxygens (including phenoxy) is 2. The molecule has 166 valence electrons. The summed E-state index contributed by atoms with van der Waals surface area (Å²) in [5, 5.41) is 9.02. The molecule has 0 saturated heterocycles. The van der Waals surface area contributed by atoms with Gasteiger partial charge < -0.3 is 14.6 Å². The average molecular weight is 434 g/mol. The van der Waals surface area contributed by atoms with E-state index >= 15 is 0 Å². The van der Waals surface area contributed by atoms with Crippen molar-refractivity contribution in [3.8, 4) is 23.3 Å². The lowest BCUT2D eigenvalue weighted by atomic mass is 9.96. The third-order valence-electron chi connectivity index (χ3n) is 4.58. The van der Waals surface area contributed by atoms with Gasteiger partial charge in [-0.1, -0.05) is 31.0 Å². The Balaban J connectivity index is 2.03. The van der Waals surface area contributed by atoms with Crippen LogP contribution in [0.25, 0.3) is 0 Å². The number of hydrogen-bond acceptors (Lipinski definition) is 3. The molecule has 2 aromatic carbocycles. The van der Waals surface area contributed by atoms with Gasteiger partial charge in [-0.2, -0.15) is 13.2 Å². The van der Waals surface area contributed by atoms with Gasteiger partial charge in [0.05, 0.1) is 17.9 Å². The van der Waals surface area contributed by atoms with Crippen molar-refractivity contribution in [3.05, 3.63) is 59.2 Å². The van der Waals surface area contributed by atoms with Crippen molar-refractivity contribution in [2.24, 2.45) is 0 Å². The third kappa shape index (κ3) is 6.95. The maximum absolute atomic E-state index is 13.2. The Morgan fingerprint density at radius 1 is 1.16 bits per heavy atom. The van der Waals surface area contributed by atoms with E-state index in [1.807, 2.05) is 0 Å². The minimum Gasteiger partial charge on any atom is -0.490 e. The van der Waals surface area contributed by atoms with Crippen molar-refractivity contribution in [1.82, 2.24) is 0 Å². The average Bonchev–Trinajstić information content (AvgIpc) is 2.71. The zero-order valence-corrected chi connectivity index (χ0v) is 17.6. The van der Waals surface area contributed by atoms with Crippen LogP contribution < -0.4 is 9.47 Å². The summed E-state index contributed by atoms with van der Waals surface area (Å²) in [7, 11) is 0. The first-order chi connectivity index (χ1) is 14.7. The molecule has 2 rings (SSSR count). The maximum atomic E-state index is 13.2. The van der Waals surface area contributed by atoms with Gasteiger partial charge in [0.15, 0.2) is 0 Å². The van der Waals surface area contributed by atoms with Gasteiger partial charge in [-0.15, -0.1) is 5.92 Å². The van der Waals surface area contributed by atoms with Gasteiger partial charge in [-0.05, 0) is 50.1 Å². The molecule has 0 fully saturated rings. The molecule has 4 nitrogen and oxygen atoms in total. The van der Waals surface area contributed by atoms with Crippen molar-refractivity contribution in [2.45, 2.75) is 51.8 Å². The van der Waals surface area contributed by atoms with E-state index in [2.05, 4.69) is 11.8 Å². The van der Waals surface area contributed by atoms with Gasteiger partial charge >= 0.3 is 12.1 Å². The molecular formula is C24H25F3O4. The van der Waals surface area contributed by atoms with E-state index in [0.29, 0.717) is 5.75 Å². The molecule has 2 unspecified atom stereocenters. The highest BCUT2D eigenvalue weighted by atomic mass is 19.4. The Labute approximate surface area is 180 Å². The smallest absolute Gasteiger partial charge is 0.416 e. The van der Waals surface area contributed by atoms with Crippen LogP contribution >= 0.6 is 0 Å². The lowest BCUT2D eigenvalue weighted by Crippen LogP contribution is -2.22. The van der Waals surface area contributed by atoms with Crippen molar-refractivity contribution in [2.75, 3.05) is 6.61 Å². The van der Waals surface area contributed by atoms with Crippen LogP contribution in [-0.2, 0) is 17.4 Å². The molecule has 0 aromatic heterocycles. The Kier molecular flexibility index (Phi) is 8.38. The van der Waals surface area contributed by atoms with Crippen molar-refractivity contribution in [1.29, 1.82) is 0 Å². The molecule has 7 heteroatoms. The van der Waals surface area contributed by atoms with Crippen LogP contribution in [0.5, 0.6) is 11.5 Å². The van der Waals surface area contributed by atoms with Gasteiger partial charge in [0.1, 0.15) is 24.2 Å². The van der Waals surface area contributed by atoms with Gasteiger partial charge in [0.25, 0.3) is 0 Å². The highest BCUT2D eigenvalue weighted by Gasteiger charge is 2.34. The van der Waals surface area contributed by atoms with Crippen LogP contribution in [0.3, 0.4) is 0 Å². The zero-order valence-electron chi connectivity index (χ0n) is 17.6. The summed E-state index contributed by atoms with van der Waals surface area (Å²) >= 11 is 0. The van der Waals surface area contributed by atoms with E-state index in [4.69, 9.17) is 14.6 Å². The van der Waals surface area contributed by atoms with E-state index in [9.17, 15) is 18.0 Å². The fourth-order valence-corrected chi connectivity index (χ4v) is 3.17. The highest BCUT2D eigenvalue weighted by Crippen LogP contribution is 2.36. The molecule has 0 spiro atoms. The molecule has 0 aliphatic heterocycles. The highest BCUT2D eigenvalue weighted by molar-refractivity contribution is 5.69. The minimum atomic E-state index is -4.44. The van der Waals surface area contributed by atoms with Crippen LogP contribution in [0.2, 0.25) is 0 Å². The number of carboxylic acid groups (broad SMARTS) is 1. The first-order valence-corrected chi connectivity index (χ1v) is 9.88. The topological polar surface area (TPSA) is 55.8 Å². The van der Waals surface area contributed by atoms with E-state index in [-0.39, 0.29) is 30.8 Å². The zero-order chi connectivity index (χ0) is 23.0. The summed E-state index contributed by atoms with van der Waals surface area (Å²) in [5.74, 6) is 5.01. The fraction of sp³-hybridized carbons (Fsp3) is 0.375. The van der Waals surface area contributed by atoms with Gasteiger partial charge in [-0.3, -0.25) is 4.79 Å². The number of aliphatic carboxylic acids is 1. The number of carbonyl (C=O) groups is 1. The fourth-order valence-electron chi connectivity index (χ4n) is 3.17. The normalized spacial score (nSPS) is 13.0. The molecule has 31 heavy (non-hydrogen) atoms. The number of rotatable bonds is 9. The van der Waals surface area contributed by atoms with E-state index in [1.54, 1.807) is 45.0 Å². The maximum Gasteiger partial charge on any atom is 0.416 e. The molecule has 2 atom stereocenters. The molecule has 1 N–H and O–H groups in total. The summed E-state index contributed by atoms with van der Waals surface area (Å²) in [4.78, 5) is 11.0. The SMILES string of the molecule is CC#CC(CC(=O)O)c1ccc(OCC(C)Oc2cccc(C(F)(F)F)c2CC)cc1. The van der Waals surface area contributed by atoms with Crippen molar-refractivity contribution < 1.29 is 32.5 Å². The molecule has 0 radical (unpaired) electrons. The van der Waals surface area contributed by atoms with Gasteiger partial charge in [0.2, 0.25) is 0 Å². The summed E-state index contributed by atoms with van der Waals surface area (Å²) in [6, 6.07) is 10.8. The summed E-state index contributed by atoms with van der Waals surface area (Å²) in [5.41, 5.74) is 0.194. The minimum absolute atomic E-state index is 0.0946. The monoisotopic (exact) mass is 434 g/mol. The standard InChI is InChI=1S/C24H25F3O4/c1-4-7-18(14-23(28)29)17-10-12-19(13-11-17)30-15-16(3)31-22-9-6-8-21(20(22)5-2)24(25,26)27/h6,8-13,16,18H,5,14-15H2,1-3H3,(H,28,29). The largest absolute Gasteiger partial charge is 0.490 e. The molecule has 0 saturated carbocycles. The van der Waals surface area contributed by atoms with Crippen molar-refractivity contribution in [3.63, 3.8) is 0 Å².